The van der Waals surface area contributed by atoms with E-state index in [1.165, 1.54) is 12.3 Å². The summed E-state index contributed by atoms with van der Waals surface area (Å²) in [5.41, 5.74) is 1.67. The zero-order valence-corrected chi connectivity index (χ0v) is 11.4. The second kappa shape index (κ2) is 5.73. The fraction of sp³-hybridized carbons (Fsp3) is 0. The summed E-state index contributed by atoms with van der Waals surface area (Å²) in [6, 6.07) is 7.98. The first-order chi connectivity index (χ1) is 9.94. The molecule has 0 amide bonds. The SMILES string of the molecule is NNc1cc(S(=O)(=O)Nc2ccccn2)ccc1[N+](=O)[O-]. The molecule has 9 nitrogen and oxygen atoms in total. The number of nitro groups is 1. The molecule has 110 valence electrons. The van der Waals surface area contributed by atoms with Crippen molar-refractivity contribution in [3.05, 3.63) is 52.7 Å². The number of nitrogen functional groups attached to an aromatic ring is 1. The molecule has 0 radical (unpaired) electrons. The molecule has 1 aromatic carbocycles. The van der Waals surface area contributed by atoms with Crippen LogP contribution in [0.15, 0.2) is 47.5 Å². The minimum absolute atomic E-state index is 0.108. The first-order valence-electron chi connectivity index (χ1n) is 5.63. The van der Waals surface area contributed by atoms with Crippen LogP contribution in [0.25, 0.3) is 0 Å². The van der Waals surface area contributed by atoms with E-state index in [0.717, 1.165) is 18.2 Å². The van der Waals surface area contributed by atoms with Gasteiger partial charge in [0.25, 0.3) is 15.7 Å². The number of nitrogens with zero attached hydrogens (tertiary/aromatic N) is 2. The summed E-state index contributed by atoms with van der Waals surface area (Å²) in [4.78, 5) is 13.8. The van der Waals surface area contributed by atoms with Gasteiger partial charge in [-0.3, -0.25) is 20.7 Å². The Hall–Kier alpha value is -2.72. The zero-order chi connectivity index (χ0) is 15.5. The maximum Gasteiger partial charge on any atom is 0.293 e. The zero-order valence-electron chi connectivity index (χ0n) is 10.6. The van der Waals surface area contributed by atoms with Gasteiger partial charge < -0.3 is 5.43 Å². The summed E-state index contributed by atoms with van der Waals surface area (Å²) < 4.78 is 26.6. The smallest absolute Gasteiger partial charge is 0.293 e. The Kier molecular flexibility index (Phi) is 4.00. The highest BCUT2D eigenvalue weighted by molar-refractivity contribution is 7.92. The number of hydrogen-bond acceptors (Lipinski definition) is 7. The summed E-state index contributed by atoms with van der Waals surface area (Å²) in [6.07, 6.45) is 1.43. The van der Waals surface area contributed by atoms with Crippen LogP contribution in [0.2, 0.25) is 0 Å². The minimum atomic E-state index is -3.92. The van der Waals surface area contributed by atoms with Gasteiger partial charge in [0.05, 0.1) is 9.82 Å². The molecule has 1 aromatic heterocycles. The number of sulfonamides is 1. The number of pyridine rings is 1. The molecule has 0 aliphatic rings. The molecule has 21 heavy (non-hydrogen) atoms. The van der Waals surface area contributed by atoms with Crippen molar-refractivity contribution in [2.24, 2.45) is 5.84 Å². The molecular formula is C11H11N5O4S. The fourth-order valence-corrected chi connectivity index (χ4v) is 2.61. The van der Waals surface area contributed by atoms with Crippen molar-refractivity contribution in [1.29, 1.82) is 0 Å². The van der Waals surface area contributed by atoms with Gasteiger partial charge in [0.2, 0.25) is 0 Å². The first kappa shape index (κ1) is 14.7. The molecule has 0 spiro atoms. The summed E-state index contributed by atoms with van der Waals surface area (Å²) >= 11 is 0. The quantitative estimate of drug-likeness (QED) is 0.426. The number of hydrogen-bond donors (Lipinski definition) is 3. The second-order valence-corrected chi connectivity index (χ2v) is 5.58. The van der Waals surface area contributed by atoms with Crippen LogP contribution < -0.4 is 16.0 Å². The van der Waals surface area contributed by atoms with Crippen LogP contribution in [0.5, 0.6) is 0 Å². The third-order valence-corrected chi connectivity index (χ3v) is 3.89. The number of nitro benzene ring substituents is 1. The van der Waals surface area contributed by atoms with Crippen molar-refractivity contribution < 1.29 is 13.3 Å². The van der Waals surface area contributed by atoms with E-state index >= 15 is 0 Å². The lowest BCUT2D eigenvalue weighted by Gasteiger charge is -2.08. The summed E-state index contributed by atoms with van der Waals surface area (Å²) in [5, 5.41) is 10.8. The van der Waals surface area contributed by atoms with E-state index < -0.39 is 14.9 Å². The highest BCUT2D eigenvalue weighted by Gasteiger charge is 2.20. The molecule has 0 bridgehead atoms. The minimum Gasteiger partial charge on any atom is -0.318 e. The van der Waals surface area contributed by atoms with E-state index in [0.29, 0.717) is 0 Å². The van der Waals surface area contributed by atoms with Crippen molar-refractivity contribution >= 4 is 27.2 Å². The van der Waals surface area contributed by atoms with Gasteiger partial charge in [-0.15, -0.1) is 0 Å². The number of nitrogens with one attached hydrogen (secondary N) is 2. The standard InChI is InChI=1S/C11H11N5O4S/c12-14-9-7-8(4-5-10(9)16(17)18)21(19,20)15-11-3-1-2-6-13-11/h1-7,14H,12H2,(H,13,15). The number of nitrogens with two attached hydrogens (primary N) is 1. The molecule has 0 unspecified atom stereocenters. The third-order valence-electron chi connectivity index (χ3n) is 2.53. The molecule has 4 N–H and O–H groups in total. The number of anilines is 2. The van der Waals surface area contributed by atoms with Crippen LogP contribution in [0.4, 0.5) is 17.2 Å². The van der Waals surface area contributed by atoms with E-state index in [1.54, 1.807) is 12.1 Å². The predicted octanol–water partition coefficient (Wildman–Crippen LogP) is 1.08. The third kappa shape index (κ3) is 3.24. The maximum atomic E-state index is 12.2. The molecule has 0 fully saturated rings. The average molecular weight is 309 g/mol. The lowest BCUT2D eigenvalue weighted by molar-refractivity contribution is -0.384. The van der Waals surface area contributed by atoms with Crippen molar-refractivity contribution in [2.75, 3.05) is 10.1 Å². The van der Waals surface area contributed by atoms with Crippen LogP contribution in [-0.2, 0) is 10.0 Å². The molecule has 0 saturated carbocycles. The van der Waals surface area contributed by atoms with E-state index in [1.807, 2.05) is 0 Å². The number of benzene rings is 1. The van der Waals surface area contributed by atoms with E-state index in [9.17, 15) is 18.5 Å². The van der Waals surface area contributed by atoms with Crippen LogP contribution in [-0.4, -0.2) is 18.3 Å². The van der Waals surface area contributed by atoms with Gasteiger partial charge >= 0.3 is 0 Å². The van der Waals surface area contributed by atoms with Gasteiger partial charge in [-0.2, -0.15) is 0 Å². The normalized spacial score (nSPS) is 10.9. The molecule has 1 heterocycles. The molecule has 10 heteroatoms. The first-order valence-corrected chi connectivity index (χ1v) is 7.11. The van der Waals surface area contributed by atoms with Crippen molar-refractivity contribution in [2.45, 2.75) is 4.90 Å². The molecule has 0 atom stereocenters. The number of rotatable bonds is 5. The van der Waals surface area contributed by atoms with E-state index in [2.05, 4.69) is 15.1 Å². The maximum absolute atomic E-state index is 12.2. The number of aromatic nitrogens is 1. The van der Waals surface area contributed by atoms with Crippen molar-refractivity contribution in [3.63, 3.8) is 0 Å². The largest absolute Gasteiger partial charge is 0.318 e. The van der Waals surface area contributed by atoms with Gasteiger partial charge in [-0.25, -0.2) is 13.4 Å². The Morgan fingerprint density at radius 3 is 2.57 bits per heavy atom. The summed E-state index contributed by atoms with van der Waals surface area (Å²) in [5.74, 6) is 5.31. The Balaban J connectivity index is 2.39. The molecule has 2 rings (SSSR count). The Morgan fingerprint density at radius 1 is 1.24 bits per heavy atom. The van der Waals surface area contributed by atoms with E-state index in [4.69, 9.17) is 5.84 Å². The topological polar surface area (TPSA) is 140 Å². The van der Waals surface area contributed by atoms with Crippen LogP contribution in [0, 0.1) is 10.1 Å². The van der Waals surface area contributed by atoms with E-state index in [-0.39, 0.29) is 22.1 Å². The summed E-state index contributed by atoms with van der Waals surface area (Å²) in [6.45, 7) is 0. The highest BCUT2D eigenvalue weighted by Crippen LogP contribution is 2.27. The Labute approximate surface area is 120 Å². The lowest BCUT2D eigenvalue weighted by Crippen LogP contribution is -2.15. The van der Waals surface area contributed by atoms with Crippen molar-refractivity contribution in [3.8, 4) is 0 Å². The molecule has 0 aliphatic heterocycles. The van der Waals surface area contributed by atoms with Gasteiger partial charge in [-0.05, 0) is 24.3 Å². The van der Waals surface area contributed by atoms with Crippen LogP contribution in [0.3, 0.4) is 0 Å². The lowest BCUT2D eigenvalue weighted by atomic mass is 10.3. The second-order valence-electron chi connectivity index (χ2n) is 3.90. The highest BCUT2D eigenvalue weighted by atomic mass is 32.2. The molecule has 0 aliphatic carbocycles. The number of hydrazine groups is 1. The van der Waals surface area contributed by atoms with Gasteiger partial charge in [0.15, 0.2) is 0 Å². The van der Waals surface area contributed by atoms with Crippen LogP contribution in [0.1, 0.15) is 0 Å². The summed E-state index contributed by atoms with van der Waals surface area (Å²) in [7, 11) is -3.92. The van der Waals surface area contributed by atoms with Gasteiger partial charge in [-0.1, -0.05) is 6.07 Å². The Bertz CT molecular complexity index is 763. The fourth-order valence-electron chi connectivity index (χ4n) is 1.58. The Morgan fingerprint density at radius 2 is 2.00 bits per heavy atom. The molecular weight excluding hydrogens is 298 g/mol. The van der Waals surface area contributed by atoms with Crippen molar-refractivity contribution in [1.82, 2.24) is 4.98 Å². The molecule has 0 saturated heterocycles. The predicted molar refractivity (Wildman–Crippen MR) is 76.0 cm³/mol. The average Bonchev–Trinajstić information content (AvgIpc) is 2.47. The van der Waals surface area contributed by atoms with Crippen LogP contribution >= 0.6 is 0 Å². The van der Waals surface area contributed by atoms with Gasteiger partial charge in [0, 0.05) is 12.3 Å². The van der Waals surface area contributed by atoms with Gasteiger partial charge in [0.1, 0.15) is 11.5 Å². The monoisotopic (exact) mass is 309 g/mol. The molecule has 2 aromatic rings.